The van der Waals surface area contributed by atoms with Crippen molar-refractivity contribution in [3.63, 3.8) is 0 Å². The molecule has 0 radical (unpaired) electrons. The minimum atomic E-state index is -0.864. The van der Waals surface area contributed by atoms with Crippen LogP contribution in [0.4, 0.5) is 19.2 Å². The minimum Gasteiger partial charge on any atom is -0.469 e. The highest BCUT2D eigenvalue weighted by Crippen LogP contribution is 2.23. The van der Waals surface area contributed by atoms with E-state index in [0.29, 0.717) is 44.9 Å². The van der Waals surface area contributed by atoms with Crippen LogP contribution < -0.4 is 31.9 Å². The molecule has 6 N–H and O–H groups in total. The van der Waals surface area contributed by atoms with Crippen molar-refractivity contribution in [2.45, 2.75) is 210 Å². The molecule has 8 atom stereocenters. The lowest BCUT2D eigenvalue weighted by Crippen LogP contribution is -2.53. The van der Waals surface area contributed by atoms with Crippen molar-refractivity contribution in [3.05, 3.63) is 215 Å². The second-order valence-corrected chi connectivity index (χ2v) is 31.1. The summed E-state index contributed by atoms with van der Waals surface area (Å²) in [5.41, 5.74) is 5.25. The molecule has 0 saturated carbocycles. The monoisotopic (exact) mass is 1630 g/mol. The normalized spacial score (nSPS) is 12.8. The van der Waals surface area contributed by atoms with Gasteiger partial charge in [-0.3, -0.25) is 28.8 Å². The summed E-state index contributed by atoms with van der Waals surface area (Å²) in [6, 6.07) is 51.3. The Labute approximate surface area is 696 Å². The molecule has 644 valence electrons. The maximum atomic E-state index is 13.0. The fourth-order valence-electron chi connectivity index (χ4n) is 12.1. The lowest BCUT2D eigenvalue weighted by atomic mass is 9.88. The number of hydrogen-bond acceptors (Lipinski definition) is 20. The van der Waals surface area contributed by atoms with Crippen LogP contribution in [0.3, 0.4) is 0 Å². The highest BCUT2D eigenvalue weighted by Gasteiger charge is 2.34. The van der Waals surface area contributed by atoms with Crippen LogP contribution in [0, 0.1) is 47.3 Å². The van der Waals surface area contributed by atoms with E-state index in [2.05, 4.69) is 31.9 Å². The maximum absolute atomic E-state index is 13.0. The van der Waals surface area contributed by atoms with E-state index >= 15 is 0 Å². The van der Waals surface area contributed by atoms with Crippen molar-refractivity contribution >= 4 is 71.6 Å². The number of alkyl carbamates (subject to hydrolysis) is 4. The van der Waals surface area contributed by atoms with Gasteiger partial charge in [-0.15, -0.1) is 0 Å². The van der Waals surface area contributed by atoms with E-state index in [1.165, 1.54) is 28.4 Å². The molecule has 0 aliphatic heterocycles. The summed E-state index contributed by atoms with van der Waals surface area (Å²) in [5.74, 6) is -3.17. The van der Waals surface area contributed by atoms with Crippen LogP contribution in [-0.2, 0) is 116 Å². The molecule has 0 aromatic heterocycles. The molecule has 6 aromatic rings. The van der Waals surface area contributed by atoms with Crippen LogP contribution in [0.5, 0.6) is 0 Å². The smallest absolute Gasteiger partial charge is 0.408 e. The SMILES string of the molecule is COC(=O)C(CC(C)C)NC(=O)[C@H](CC(C)C)NC(=O)OCc1ccccc1.COC(=O)C(Cc1ccccc1)NC(=O)[C@H](CC(C)C)NC(=O)OCc1ccccc1.COC(=O)[C@@H](CC(=O)[C@H](CC(C)C)NC(=O)OCc1ccccc1)CC(C)C.COC(=O)[C@@H](CC(=O)[C@H](CC(C)C)NC(=O)OCc1ccccc1)Cc1ccccc1. The van der Waals surface area contributed by atoms with Crippen molar-refractivity contribution in [1.29, 1.82) is 0 Å². The first-order valence-electron chi connectivity index (χ1n) is 40.2. The Morgan fingerprint density at radius 1 is 0.246 bits per heavy atom. The molecule has 6 rings (SSSR count). The summed E-state index contributed by atoms with van der Waals surface area (Å²) in [4.78, 5) is 149. The number of rotatable bonds is 42. The summed E-state index contributed by atoms with van der Waals surface area (Å²) in [6.45, 7) is 24.0. The number of ketones is 2. The van der Waals surface area contributed by atoms with E-state index in [9.17, 15) is 57.5 Å². The summed E-state index contributed by atoms with van der Waals surface area (Å²) in [5, 5.41) is 16.0. The third kappa shape index (κ3) is 43.5. The quantitative estimate of drug-likeness (QED) is 0.0153. The average molecular weight is 1640 g/mol. The molecule has 0 bridgehead atoms. The topological polar surface area (TPSA) is 351 Å². The van der Waals surface area contributed by atoms with Crippen LogP contribution in [0.25, 0.3) is 0 Å². The van der Waals surface area contributed by atoms with E-state index in [-0.39, 0.29) is 92.8 Å². The predicted octanol–water partition coefficient (Wildman–Crippen LogP) is 14.7. The van der Waals surface area contributed by atoms with E-state index in [0.717, 1.165) is 33.4 Å². The van der Waals surface area contributed by atoms with Gasteiger partial charge in [-0.1, -0.05) is 265 Å². The second-order valence-electron chi connectivity index (χ2n) is 31.1. The van der Waals surface area contributed by atoms with Crippen LogP contribution in [0.1, 0.15) is 168 Å². The first-order chi connectivity index (χ1) is 56.2. The van der Waals surface area contributed by atoms with Crippen LogP contribution in [-0.4, -0.2) is 136 Å². The van der Waals surface area contributed by atoms with Gasteiger partial charge < -0.3 is 69.8 Å². The number of ether oxygens (including phenoxy) is 8. The van der Waals surface area contributed by atoms with Crippen molar-refractivity contribution in [3.8, 4) is 0 Å². The van der Waals surface area contributed by atoms with Gasteiger partial charge in [0.1, 0.15) is 50.6 Å². The fraction of sp³-hybridized carbons (Fsp3) is 0.478. The Morgan fingerprint density at radius 3 is 0.763 bits per heavy atom. The Kier molecular flexibility index (Phi) is 48.5. The van der Waals surface area contributed by atoms with Gasteiger partial charge in [-0.2, -0.15) is 0 Å². The third-order valence-electron chi connectivity index (χ3n) is 17.9. The minimum absolute atomic E-state index is 0.0160. The molecule has 0 fully saturated rings. The molecule has 0 aliphatic carbocycles. The zero-order chi connectivity index (χ0) is 87.5. The number of hydrogen-bond donors (Lipinski definition) is 6. The van der Waals surface area contributed by atoms with Gasteiger partial charge >= 0.3 is 48.3 Å². The van der Waals surface area contributed by atoms with Crippen molar-refractivity contribution in [2.75, 3.05) is 28.4 Å². The molecule has 2 unspecified atom stereocenters. The number of amides is 6. The summed E-state index contributed by atoms with van der Waals surface area (Å²) >= 11 is 0. The van der Waals surface area contributed by atoms with Crippen LogP contribution >= 0.6 is 0 Å². The first kappa shape index (κ1) is 101. The Hall–Kier alpha value is -11.4. The number of benzene rings is 6. The first-order valence-corrected chi connectivity index (χ1v) is 40.2. The standard InChI is InChI=1S/C25H31NO5.C24H30N2O5.C22H33NO5.C21H32N2O5/c1-18(2)14-22(26-25(29)31-17-20-12-8-5-9-13-20)23(27)16-21(24(28)30-3)15-19-10-6-4-7-11-19;1-17(2)14-20(26-24(29)31-16-19-12-8-5-9-13-19)22(27)25-21(23(28)30-3)15-18-10-6-4-7-11-18;1-15(2)11-18(21(25)27-5)13-20(24)19(12-16(3)4)23-22(26)28-14-17-9-7-6-8-10-17;1-14(2)11-17(19(24)22-18(12-15(3)4)20(25)27-5)23-21(26)28-13-16-9-7-6-8-10-16/h4-13,18,21-22H,14-17H2,1-3H3,(H,26,29);4-13,17,20-21H,14-16H2,1-3H3,(H,25,27)(H,26,29);6-10,15-16,18-19H,11-14H2,1-5H3,(H,23,26);6-10,14-15,17-18H,11-13H2,1-5H3,(H,22,24)(H,23,26)/t21-,22+;20-,21?;18-,19+;17-,18?/m1010/s1. The van der Waals surface area contributed by atoms with E-state index in [1.54, 1.807) is 0 Å². The molecule has 26 heteroatoms. The van der Waals surface area contributed by atoms with Gasteiger partial charge in [0.05, 0.1) is 52.4 Å². The van der Waals surface area contributed by atoms with Crippen molar-refractivity contribution < 1.29 is 95.4 Å². The fourth-order valence-corrected chi connectivity index (χ4v) is 12.1. The number of carbonyl (C=O) groups is 12. The zero-order valence-electron chi connectivity index (χ0n) is 71.5. The van der Waals surface area contributed by atoms with Crippen LogP contribution in [0.15, 0.2) is 182 Å². The zero-order valence-corrected chi connectivity index (χ0v) is 71.5. The molecule has 118 heavy (non-hydrogen) atoms. The summed E-state index contributed by atoms with van der Waals surface area (Å²) in [7, 11) is 5.20. The second kappa shape index (κ2) is 56.8. The number of carbonyl (C=O) groups excluding carboxylic acids is 12. The molecule has 26 nitrogen and oxygen atoms in total. The molecule has 6 amide bonds. The molecule has 0 aliphatic rings. The van der Waals surface area contributed by atoms with E-state index in [4.69, 9.17) is 37.9 Å². The molecule has 0 heterocycles. The van der Waals surface area contributed by atoms with Gasteiger partial charge in [0.2, 0.25) is 11.8 Å². The van der Waals surface area contributed by atoms with Gasteiger partial charge in [0, 0.05) is 19.3 Å². The summed E-state index contributed by atoms with van der Waals surface area (Å²) < 4.78 is 40.3. The maximum Gasteiger partial charge on any atom is 0.408 e. The van der Waals surface area contributed by atoms with Gasteiger partial charge in [0.25, 0.3) is 0 Å². The molecule has 0 saturated heterocycles. The average Bonchev–Trinajstić information content (AvgIpc) is 0.833. The van der Waals surface area contributed by atoms with Crippen molar-refractivity contribution in [2.24, 2.45) is 47.3 Å². The Morgan fingerprint density at radius 2 is 0.475 bits per heavy atom. The number of Topliss-reactive ketones (excluding diaryl/α,β-unsaturated/α-hetero) is 2. The predicted molar refractivity (Wildman–Crippen MR) is 449 cm³/mol. The summed E-state index contributed by atoms with van der Waals surface area (Å²) in [6.07, 6.45) is 0.807. The number of methoxy groups -OCH3 is 4. The lowest BCUT2D eigenvalue weighted by molar-refractivity contribution is -0.148. The highest BCUT2D eigenvalue weighted by atomic mass is 16.6. The van der Waals surface area contributed by atoms with Crippen molar-refractivity contribution in [1.82, 2.24) is 31.9 Å². The van der Waals surface area contributed by atoms with Gasteiger partial charge in [-0.05, 0) is 114 Å². The molecular weight excluding hydrogens is 1510 g/mol. The van der Waals surface area contributed by atoms with Gasteiger partial charge in [0.15, 0.2) is 11.6 Å². The molecule has 0 spiro atoms. The van der Waals surface area contributed by atoms with E-state index < -0.39 is 108 Å². The largest absolute Gasteiger partial charge is 0.469 e. The third-order valence-corrected chi connectivity index (χ3v) is 17.9. The van der Waals surface area contributed by atoms with Gasteiger partial charge in [-0.25, -0.2) is 28.8 Å². The Bertz CT molecular complexity index is 3690. The molecular formula is C92H126N6O20. The van der Waals surface area contributed by atoms with E-state index in [1.807, 2.05) is 265 Å². The Balaban J connectivity index is 0.000000407. The number of nitrogens with one attached hydrogen (secondary N) is 6. The molecule has 6 aromatic carbocycles. The highest BCUT2D eigenvalue weighted by molar-refractivity contribution is 5.93. The number of esters is 4. The lowest BCUT2D eigenvalue weighted by Gasteiger charge is -2.24. The van der Waals surface area contributed by atoms with Crippen LogP contribution in [0.2, 0.25) is 0 Å².